The molecule has 0 radical (unpaired) electrons. The molecule has 2 aliphatic heterocycles. The third kappa shape index (κ3) is 7.94. The molecule has 4 unspecified atom stereocenters. The maximum absolute atomic E-state index is 12.7. The smallest absolute Gasteiger partial charge is 0.222 e. The van der Waals surface area contributed by atoms with Crippen LogP contribution in [0.15, 0.2) is 12.7 Å². The molecule has 13 nitrogen and oxygen atoms in total. The number of ether oxygens (including phenoxy) is 4. The number of carbonyl (C=O) groups is 2. The highest BCUT2D eigenvalue weighted by Gasteiger charge is 2.47. The van der Waals surface area contributed by atoms with Crippen molar-refractivity contribution < 1.29 is 28.5 Å². The van der Waals surface area contributed by atoms with E-state index in [2.05, 4.69) is 41.0 Å². The van der Waals surface area contributed by atoms with Crippen molar-refractivity contribution in [3.8, 4) is 0 Å². The predicted octanol–water partition coefficient (Wildman–Crippen LogP) is 2.66. The molecule has 42 heavy (non-hydrogen) atoms. The second-order valence-corrected chi connectivity index (χ2v) is 10.9. The van der Waals surface area contributed by atoms with E-state index in [0.29, 0.717) is 88.7 Å². The van der Waals surface area contributed by atoms with Gasteiger partial charge < -0.3 is 34.9 Å². The van der Waals surface area contributed by atoms with Gasteiger partial charge in [-0.25, -0.2) is 15.0 Å². The van der Waals surface area contributed by atoms with Gasteiger partial charge in [0, 0.05) is 51.8 Å². The lowest BCUT2D eigenvalue weighted by molar-refractivity contribution is -0.134. The van der Waals surface area contributed by atoms with Gasteiger partial charge >= 0.3 is 0 Å². The van der Waals surface area contributed by atoms with Gasteiger partial charge in [-0.3, -0.25) is 14.2 Å². The summed E-state index contributed by atoms with van der Waals surface area (Å²) in [5.74, 6) is 0.275. The average Bonchev–Trinajstić information content (AvgIpc) is 3.58. The summed E-state index contributed by atoms with van der Waals surface area (Å²) in [6, 6.07) is 0. The maximum Gasteiger partial charge on any atom is 0.222 e. The van der Waals surface area contributed by atoms with E-state index < -0.39 is 6.23 Å². The summed E-state index contributed by atoms with van der Waals surface area (Å²) < 4.78 is 26.8. The molecular weight excluding hydrogens is 542 g/mol. The van der Waals surface area contributed by atoms with E-state index in [1.807, 2.05) is 9.47 Å². The molecule has 0 saturated carbocycles. The fourth-order valence-electron chi connectivity index (χ4n) is 5.48. The first-order valence-electron chi connectivity index (χ1n) is 15.4. The number of hydrogen-bond donors (Lipinski definition) is 2. The molecule has 0 spiro atoms. The Hall–Kier alpha value is -2.87. The zero-order valence-corrected chi connectivity index (χ0v) is 25.2. The summed E-state index contributed by atoms with van der Waals surface area (Å²) in [5.41, 5.74) is 6.65. The van der Waals surface area contributed by atoms with Crippen LogP contribution < -0.4 is 11.1 Å². The number of carbonyl (C=O) groups excluding carboxylic acids is 2. The molecule has 4 rings (SSSR count). The zero-order chi connectivity index (χ0) is 29.9. The SMILES string of the molecule is CCCOCC1OC(n2cnc3c(NCCCC(=O)N4CCC(C(N)=O)CC4)ncnc32)C(OCCC)C1OCCC. The van der Waals surface area contributed by atoms with E-state index in [1.165, 1.54) is 6.33 Å². The van der Waals surface area contributed by atoms with Crippen molar-refractivity contribution in [3.63, 3.8) is 0 Å². The number of fused-ring (bicyclic) bond motifs is 1. The molecule has 2 saturated heterocycles. The number of imidazole rings is 1. The van der Waals surface area contributed by atoms with Gasteiger partial charge in [-0.2, -0.15) is 0 Å². The molecule has 0 aliphatic carbocycles. The van der Waals surface area contributed by atoms with Crippen LogP contribution in [0.3, 0.4) is 0 Å². The second kappa shape index (κ2) is 16.1. The molecule has 2 aliphatic rings. The van der Waals surface area contributed by atoms with Gasteiger partial charge in [0.2, 0.25) is 11.8 Å². The highest BCUT2D eigenvalue weighted by atomic mass is 16.6. The van der Waals surface area contributed by atoms with Crippen LogP contribution in [-0.2, 0) is 28.5 Å². The number of primary amides is 1. The summed E-state index contributed by atoms with van der Waals surface area (Å²) in [6.45, 7) is 10.2. The molecule has 234 valence electrons. The van der Waals surface area contributed by atoms with E-state index in [0.717, 1.165) is 19.3 Å². The molecule has 3 N–H and O–H groups in total. The minimum absolute atomic E-state index is 0.0886. The molecule has 2 fully saturated rings. The summed E-state index contributed by atoms with van der Waals surface area (Å²) in [5, 5.41) is 3.32. The van der Waals surface area contributed by atoms with Crippen molar-refractivity contribution in [1.29, 1.82) is 0 Å². The van der Waals surface area contributed by atoms with Gasteiger partial charge in [-0.05, 0) is 38.5 Å². The predicted molar refractivity (Wildman–Crippen MR) is 157 cm³/mol. The number of nitrogens with one attached hydrogen (secondary N) is 1. The second-order valence-electron chi connectivity index (χ2n) is 10.9. The van der Waals surface area contributed by atoms with Crippen LogP contribution >= 0.6 is 0 Å². The molecule has 2 aromatic heterocycles. The number of hydrogen-bond acceptors (Lipinski definition) is 10. The van der Waals surface area contributed by atoms with E-state index in [4.69, 9.17) is 24.7 Å². The lowest BCUT2D eigenvalue weighted by Gasteiger charge is -2.30. The monoisotopic (exact) mass is 589 g/mol. The van der Waals surface area contributed by atoms with Crippen LogP contribution in [0.5, 0.6) is 0 Å². The molecule has 4 heterocycles. The lowest BCUT2D eigenvalue weighted by atomic mass is 9.96. The Bertz CT molecular complexity index is 1140. The fraction of sp³-hybridized carbons (Fsp3) is 0.759. The third-order valence-electron chi connectivity index (χ3n) is 7.69. The highest BCUT2D eigenvalue weighted by molar-refractivity contribution is 5.83. The Morgan fingerprint density at radius 2 is 1.74 bits per heavy atom. The first kappa shape index (κ1) is 32.1. The number of likely N-dealkylation sites (tertiary alicyclic amines) is 1. The number of aromatic nitrogens is 4. The summed E-state index contributed by atoms with van der Waals surface area (Å²) in [6.07, 6.45) is 6.79. The van der Waals surface area contributed by atoms with Crippen molar-refractivity contribution >= 4 is 28.8 Å². The Morgan fingerprint density at radius 1 is 1.02 bits per heavy atom. The highest BCUT2D eigenvalue weighted by Crippen LogP contribution is 2.36. The van der Waals surface area contributed by atoms with Crippen LogP contribution in [0, 0.1) is 5.92 Å². The molecule has 0 aromatic carbocycles. The fourth-order valence-corrected chi connectivity index (χ4v) is 5.48. The molecule has 0 bridgehead atoms. The summed E-state index contributed by atoms with van der Waals surface area (Å²) >= 11 is 0. The van der Waals surface area contributed by atoms with Crippen molar-refractivity contribution in [1.82, 2.24) is 24.4 Å². The van der Waals surface area contributed by atoms with Gasteiger partial charge in [0.1, 0.15) is 24.6 Å². The van der Waals surface area contributed by atoms with Gasteiger partial charge in [-0.1, -0.05) is 20.8 Å². The van der Waals surface area contributed by atoms with Crippen molar-refractivity contribution in [2.45, 2.75) is 90.3 Å². The maximum atomic E-state index is 12.7. The van der Waals surface area contributed by atoms with E-state index >= 15 is 0 Å². The number of anilines is 1. The first-order valence-corrected chi connectivity index (χ1v) is 15.4. The van der Waals surface area contributed by atoms with E-state index in [1.54, 1.807) is 6.33 Å². The van der Waals surface area contributed by atoms with E-state index in [9.17, 15) is 9.59 Å². The minimum Gasteiger partial charge on any atom is -0.379 e. The van der Waals surface area contributed by atoms with Gasteiger partial charge in [0.15, 0.2) is 23.2 Å². The van der Waals surface area contributed by atoms with Crippen LogP contribution in [-0.4, -0.2) is 101 Å². The number of amides is 2. The number of nitrogens with two attached hydrogens (primary N) is 1. The van der Waals surface area contributed by atoms with Gasteiger partial charge in [0.05, 0.1) is 12.9 Å². The van der Waals surface area contributed by atoms with Crippen molar-refractivity contribution in [2.75, 3.05) is 51.4 Å². The van der Waals surface area contributed by atoms with Crippen LogP contribution in [0.2, 0.25) is 0 Å². The molecule has 4 atom stereocenters. The number of rotatable bonds is 17. The quantitative estimate of drug-likeness (QED) is 0.263. The Labute approximate surface area is 247 Å². The summed E-state index contributed by atoms with van der Waals surface area (Å²) in [4.78, 5) is 39.4. The first-order chi connectivity index (χ1) is 20.5. The standard InChI is InChI=1S/C29H47N7O6/c1-4-14-39-17-21-24(40-15-5-2)25(41-16-6-3)29(42-21)36-19-34-23-27(32-18-33-28(23)36)31-11-7-8-22(37)35-12-9-20(10-13-35)26(30)38/h18-21,24-25,29H,4-17H2,1-3H3,(H2,30,38)(H,31,32,33). The lowest BCUT2D eigenvalue weighted by Crippen LogP contribution is -2.41. The Balaban J connectivity index is 1.40. The normalized spacial score (nSPS) is 23.1. The topological polar surface area (TPSA) is 156 Å². The van der Waals surface area contributed by atoms with Gasteiger partial charge in [-0.15, -0.1) is 0 Å². The van der Waals surface area contributed by atoms with Crippen LogP contribution in [0.25, 0.3) is 11.2 Å². The minimum atomic E-state index is -0.488. The van der Waals surface area contributed by atoms with Crippen LogP contribution in [0.4, 0.5) is 5.82 Å². The Kier molecular flexibility index (Phi) is 12.3. The zero-order valence-electron chi connectivity index (χ0n) is 25.2. The summed E-state index contributed by atoms with van der Waals surface area (Å²) in [7, 11) is 0. The van der Waals surface area contributed by atoms with Crippen LogP contribution in [0.1, 0.15) is 71.9 Å². The van der Waals surface area contributed by atoms with Gasteiger partial charge in [0.25, 0.3) is 0 Å². The van der Waals surface area contributed by atoms with Crippen molar-refractivity contribution in [2.24, 2.45) is 11.7 Å². The number of piperidine rings is 1. The van der Waals surface area contributed by atoms with Crippen molar-refractivity contribution in [3.05, 3.63) is 12.7 Å². The number of nitrogens with zero attached hydrogens (tertiary/aromatic N) is 5. The van der Waals surface area contributed by atoms with E-state index in [-0.39, 0.29) is 36.0 Å². The molecule has 2 aromatic rings. The largest absolute Gasteiger partial charge is 0.379 e. The third-order valence-corrected chi connectivity index (χ3v) is 7.69. The molecule has 13 heteroatoms. The molecule has 2 amide bonds. The average molecular weight is 590 g/mol. The molecular formula is C29H47N7O6. The Morgan fingerprint density at radius 3 is 2.43 bits per heavy atom.